The van der Waals surface area contributed by atoms with Gasteiger partial charge < -0.3 is 9.84 Å². The van der Waals surface area contributed by atoms with Crippen LogP contribution in [0.5, 0.6) is 0 Å². The highest BCUT2D eigenvalue weighted by Gasteiger charge is 2.43. The van der Waals surface area contributed by atoms with E-state index in [4.69, 9.17) is 4.74 Å². The zero-order valence-corrected chi connectivity index (χ0v) is 11.7. The van der Waals surface area contributed by atoms with E-state index in [0.29, 0.717) is 11.3 Å². The van der Waals surface area contributed by atoms with Gasteiger partial charge in [-0.1, -0.05) is 60.7 Å². The van der Waals surface area contributed by atoms with Gasteiger partial charge in [0.2, 0.25) is 0 Å². The average Bonchev–Trinajstić information content (AvgIpc) is 2.80. The van der Waals surface area contributed by atoms with Gasteiger partial charge in [0.25, 0.3) is 0 Å². The van der Waals surface area contributed by atoms with Gasteiger partial charge in [-0.2, -0.15) is 0 Å². The van der Waals surface area contributed by atoms with Gasteiger partial charge in [0.05, 0.1) is 18.6 Å². The summed E-state index contributed by atoms with van der Waals surface area (Å²) in [5.74, 6) is -0.198. The highest BCUT2D eigenvalue weighted by atomic mass is 16.5. The maximum Gasteiger partial charge on any atom is 0.196 e. The zero-order valence-electron chi connectivity index (χ0n) is 11.7. The predicted molar refractivity (Wildman–Crippen MR) is 80.6 cm³/mol. The Morgan fingerprint density at radius 1 is 0.952 bits per heavy atom. The molecule has 3 rings (SSSR count). The first-order chi connectivity index (χ1) is 10.2. The molecule has 1 aliphatic rings. The molecule has 0 saturated carbocycles. The first-order valence-corrected chi connectivity index (χ1v) is 6.85. The number of methoxy groups -OCH3 is 1. The lowest BCUT2D eigenvalue weighted by atomic mass is 9.95. The van der Waals surface area contributed by atoms with Crippen LogP contribution in [0.3, 0.4) is 0 Å². The van der Waals surface area contributed by atoms with Crippen molar-refractivity contribution in [3.05, 3.63) is 77.5 Å². The summed E-state index contributed by atoms with van der Waals surface area (Å²) in [7, 11) is 1.54. The van der Waals surface area contributed by atoms with Crippen molar-refractivity contribution in [1.29, 1.82) is 0 Å². The van der Waals surface area contributed by atoms with Crippen molar-refractivity contribution in [1.82, 2.24) is 0 Å². The largest absolute Gasteiger partial charge is 0.500 e. The molecule has 0 aromatic heterocycles. The Kier molecular flexibility index (Phi) is 3.59. The molecule has 2 atom stereocenters. The first kappa shape index (κ1) is 13.6. The molecule has 2 aromatic carbocycles. The van der Waals surface area contributed by atoms with Crippen molar-refractivity contribution in [3.8, 4) is 0 Å². The fraction of sp³-hybridized carbons (Fsp3) is 0.167. The van der Waals surface area contributed by atoms with E-state index in [9.17, 15) is 9.90 Å². The normalized spacial score (nSPS) is 21.7. The molecule has 0 saturated heterocycles. The third-order valence-electron chi connectivity index (χ3n) is 3.80. The van der Waals surface area contributed by atoms with Crippen LogP contribution in [-0.2, 0) is 9.53 Å². The molecule has 0 spiro atoms. The summed E-state index contributed by atoms with van der Waals surface area (Å²) < 4.78 is 5.48. The Hall–Kier alpha value is -2.39. The number of rotatable bonds is 3. The van der Waals surface area contributed by atoms with Crippen molar-refractivity contribution < 1.29 is 14.6 Å². The number of carbonyl (C=O) groups excluding carboxylic acids is 1. The minimum Gasteiger partial charge on any atom is -0.500 e. The second-order valence-corrected chi connectivity index (χ2v) is 5.01. The smallest absolute Gasteiger partial charge is 0.196 e. The topological polar surface area (TPSA) is 46.5 Å². The summed E-state index contributed by atoms with van der Waals surface area (Å²) in [6.45, 7) is 0. The molecule has 2 aromatic rings. The lowest BCUT2D eigenvalue weighted by Gasteiger charge is -2.17. The molecule has 0 amide bonds. The maximum atomic E-state index is 12.5. The van der Waals surface area contributed by atoms with Gasteiger partial charge in [0.1, 0.15) is 11.9 Å². The van der Waals surface area contributed by atoms with Gasteiger partial charge in [-0.15, -0.1) is 0 Å². The molecule has 21 heavy (non-hydrogen) atoms. The fourth-order valence-electron chi connectivity index (χ4n) is 2.83. The Morgan fingerprint density at radius 3 is 2.10 bits per heavy atom. The van der Waals surface area contributed by atoms with Crippen LogP contribution in [-0.4, -0.2) is 24.1 Å². The van der Waals surface area contributed by atoms with E-state index in [1.54, 1.807) is 7.11 Å². The fourth-order valence-corrected chi connectivity index (χ4v) is 2.83. The lowest BCUT2D eigenvalue weighted by Crippen LogP contribution is -2.22. The average molecular weight is 280 g/mol. The molecule has 0 aliphatic heterocycles. The minimum atomic E-state index is -1.10. The Morgan fingerprint density at radius 2 is 1.52 bits per heavy atom. The number of benzene rings is 2. The Bertz CT molecular complexity index is 674. The molecule has 1 aliphatic carbocycles. The number of hydrogen-bond acceptors (Lipinski definition) is 3. The number of carbonyl (C=O) groups is 1. The number of ketones is 1. The molecular weight excluding hydrogens is 264 g/mol. The van der Waals surface area contributed by atoms with Gasteiger partial charge >= 0.3 is 0 Å². The summed E-state index contributed by atoms with van der Waals surface area (Å²) in [4.78, 5) is 12.5. The SMILES string of the molecule is COC1=C(c2ccccc2)C(=O)[C@H](O)[C@@H]1c1ccccc1. The quantitative estimate of drug-likeness (QED) is 0.940. The van der Waals surface area contributed by atoms with Crippen LogP contribution in [0.2, 0.25) is 0 Å². The van der Waals surface area contributed by atoms with E-state index in [-0.39, 0.29) is 5.78 Å². The van der Waals surface area contributed by atoms with E-state index in [1.807, 2.05) is 60.7 Å². The van der Waals surface area contributed by atoms with Gasteiger partial charge in [-0.25, -0.2) is 0 Å². The van der Waals surface area contributed by atoms with Crippen molar-refractivity contribution in [2.24, 2.45) is 0 Å². The minimum absolute atomic E-state index is 0.285. The van der Waals surface area contributed by atoms with Crippen molar-refractivity contribution >= 4 is 11.4 Å². The molecule has 106 valence electrons. The van der Waals surface area contributed by atoms with E-state index in [0.717, 1.165) is 11.1 Å². The van der Waals surface area contributed by atoms with E-state index < -0.39 is 12.0 Å². The van der Waals surface area contributed by atoms with E-state index >= 15 is 0 Å². The van der Waals surface area contributed by atoms with Gasteiger partial charge in [0, 0.05) is 0 Å². The van der Waals surface area contributed by atoms with Crippen LogP contribution in [0.1, 0.15) is 17.0 Å². The molecule has 0 unspecified atom stereocenters. The third-order valence-corrected chi connectivity index (χ3v) is 3.80. The van der Waals surface area contributed by atoms with Crippen molar-refractivity contribution in [2.45, 2.75) is 12.0 Å². The van der Waals surface area contributed by atoms with Crippen LogP contribution in [0.25, 0.3) is 5.57 Å². The molecule has 0 heterocycles. The van der Waals surface area contributed by atoms with Crippen LogP contribution < -0.4 is 0 Å². The van der Waals surface area contributed by atoms with Gasteiger partial charge in [-0.3, -0.25) is 4.79 Å². The van der Waals surface area contributed by atoms with Gasteiger partial charge in [-0.05, 0) is 11.1 Å². The summed E-state index contributed by atoms with van der Waals surface area (Å²) in [5.41, 5.74) is 2.12. The highest BCUT2D eigenvalue weighted by Crippen LogP contribution is 2.41. The monoisotopic (exact) mass is 280 g/mol. The van der Waals surface area contributed by atoms with Crippen molar-refractivity contribution in [3.63, 3.8) is 0 Å². The summed E-state index contributed by atoms with van der Waals surface area (Å²) >= 11 is 0. The Labute approximate surface area is 123 Å². The second kappa shape index (κ2) is 5.54. The summed E-state index contributed by atoms with van der Waals surface area (Å²) in [5, 5.41) is 10.4. The van der Waals surface area contributed by atoms with Crippen LogP contribution in [0, 0.1) is 0 Å². The lowest BCUT2D eigenvalue weighted by molar-refractivity contribution is -0.121. The summed E-state index contributed by atoms with van der Waals surface area (Å²) in [6.07, 6.45) is -1.10. The van der Waals surface area contributed by atoms with Crippen LogP contribution in [0.4, 0.5) is 0 Å². The number of aliphatic hydroxyl groups is 1. The first-order valence-electron chi connectivity index (χ1n) is 6.85. The number of ether oxygens (including phenoxy) is 1. The molecule has 0 fully saturated rings. The zero-order chi connectivity index (χ0) is 14.8. The standard InChI is InChI=1S/C18H16O3/c1-21-18-14(12-8-4-2-5-9-12)16(19)17(20)15(18)13-10-6-3-7-11-13/h2-11,14,16,19H,1H3/t14-,16+/m0/s1. The second-order valence-electron chi connectivity index (χ2n) is 5.01. The van der Waals surface area contributed by atoms with Crippen molar-refractivity contribution in [2.75, 3.05) is 7.11 Å². The summed E-state index contributed by atoms with van der Waals surface area (Å²) in [6, 6.07) is 18.8. The number of aliphatic hydroxyl groups excluding tert-OH is 1. The molecule has 3 nitrogen and oxygen atoms in total. The van der Waals surface area contributed by atoms with Gasteiger partial charge in [0.15, 0.2) is 5.78 Å². The van der Waals surface area contributed by atoms with Crippen LogP contribution >= 0.6 is 0 Å². The number of Topliss-reactive ketones (excluding diaryl/α,β-unsaturated/α-hetero) is 1. The predicted octanol–water partition coefficient (Wildman–Crippen LogP) is 2.77. The highest BCUT2D eigenvalue weighted by molar-refractivity contribution is 6.26. The third kappa shape index (κ3) is 2.26. The maximum absolute atomic E-state index is 12.5. The van der Waals surface area contributed by atoms with Crippen LogP contribution in [0.15, 0.2) is 66.4 Å². The molecule has 3 heteroatoms. The number of hydrogen-bond donors (Lipinski definition) is 1. The molecule has 0 bridgehead atoms. The molecule has 1 N–H and O–H groups in total. The Balaban J connectivity index is 2.15. The van der Waals surface area contributed by atoms with E-state index in [2.05, 4.69) is 0 Å². The molecule has 0 radical (unpaired) electrons. The molecular formula is C18H16O3. The van der Waals surface area contributed by atoms with E-state index in [1.165, 1.54) is 0 Å².